The minimum absolute atomic E-state index is 0.113. The number of aliphatic hydroxyl groups is 1. The van der Waals surface area contributed by atoms with E-state index in [4.69, 9.17) is 15.6 Å². The van der Waals surface area contributed by atoms with Crippen LogP contribution in [0.4, 0.5) is 5.82 Å². The number of carbonyl (C=O) groups is 1. The predicted molar refractivity (Wildman–Crippen MR) is 94.2 cm³/mol. The van der Waals surface area contributed by atoms with Gasteiger partial charge in [-0.05, 0) is 17.5 Å². The number of fused-ring (bicyclic) bond motifs is 1. The number of hydrogen-bond acceptors (Lipinski definition) is 6. The van der Waals surface area contributed by atoms with E-state index in [-0.39, 0.29) is 19.1 Å². The molecule has 0 aliphatic carbocycles. The number of nitrogens with two attached hydrogens (primary N) is 1. The van der Waals surface area contributed by atoms with Crippen LogP contribution >= 0.6 is 11.3 Å². The molecule has 0 saturated carbocycles. The van der Waals surface area contributed by atoms with E-state index in [0.29, 0.717) is 18.0 Å². The minimum Gasteiger partial charge on any atom is -0.489 e. The highest BCUT2D eigenvalue weighted by Crippen LogP contribution is 2.33. The van der Waals surface area contributed by atoms with Crippen molar-refractivity contribution in [3.63, 3.8) is 0 Å². The van der Waals surface area contributed by atoms with Crippen molar-refractivity contribution in [2.45, 2.75) is 6.61 Å². The fourth-order valence-electron chi connectivity index (χ4n) is 2.34. The van der Waals surface area contributed by atoms with Crippen LogP contribution < -0.4 is 15.8 Å². The Bertz CT molecular complexity index is 849. The van der Waals surface area contributed by atoms with Gasteiger partial charge in [-0.1, -0.05) is 18.2 Å². The van der Waals surface area contributed by atoms with Gasteiger partial charge in [0.05, 0.1) is 16.9 Å². The molecule has 24 heavy (non-hydrogen) atoms. The summed E-state index contributed by atoms with van der Waals surface area (Å²) < 4.78 is 6.54. The Balaban J connectivity index is 1.89. The van der Waals surface area contributed by atoms with Gasteiger partial charge in [-0.15, -0.1) is 11.3 Å². The van der Waals surface area contributed by atoms with E-state index in [1.807, 2.05) is 35.7 Å². The van der Waals surface area contributed by atoms with Crippen molar-refractivity contribution in [2.75, 3.05) is 18.9 Å². The first-order chi connectivity index (χ1) is 11.7. The number of pyridine rings is 1. The SMILES string of the molecule is Nc1ncc(C(=O)NCCO)c2scc(COc3ccccc3)c12. The molecule has 3 rings (SSSR count). The number of thiophene rings is 1. The lowest BCUT2D eigenvalue weighted by Gasteiger charge is -2.08. The molecule has 0 aliphatic heterocycles. The molecule has 2 heterocycles. The number of aliphatic hydroxyl groups excluding tert-OH is 1. The summed E-state index contributed by atoms with van der Waals surface area (Å²) in [5.74, 6) is 0.857. The zero-order valence-corrected chi connectivity index (χ0v) is 13.7. The van der Waals surface area contributed by atoms with Gasteiger partial charge < -0.3 is 20.9 Å². The van der Waals surface area contributed by atoms with E-state index in [0.717, 1.165) is 21.4 Å². The Morgan fingerprint density at radius 1 is 1.33 bits per heavy atom. The van der Waals surface area contributed by atoms with E-state index < -0.39 is 0 Å². The molecule has 124 valence electrons. The van der Waals surface area contributed by atoms with Gasteiger partial charge in [0.2, 0.25) is 0 Å². The van der Waals surface area contributed by atoms with Crippen molar-refractivity contribution >= 4 is 33.1 Å². The molecule has 0 spiro atoms. The lowest BCUT2D eigenvalue weighted by atomic mass is 10.1. The van der Waals surface area contributed by atoms with Crippen LogP contribution in [0.15, 0.2) is 41.9 Å². The fourth-order valence-corrected chi connectivity index (χ4v) is 3.41. The van der Waals surface area contributed by atoms with Gasteiger partial charge in [0.1, 0.15) is 18.2 Å². The summed E-state index contributed by atoms with van der Waals surface area (Å²) in [6.45, 7) is 0.426. The largest absolute Gasteiger partial charge is 0.489 e. The molecule has 7 heteroatoms. The normalized spacial score (nSPS) is 10.7. The smallest absolute Gasteiger partial charge is 0.254 e. The van der Waals surface area contributed by atoms with Gasteiger partial charge in [0.25, 0.3) is 5.91 Å². The van der Waals surface area contributed by atoms with Crippen LogP contribution in [0.3, 0.4) is 0 Å². The molecule has 0 atom stereocenters. The number of amides is 1. The molecular weight excluding hydrogens is 326 g/mol. The molecule has 2 aromatic heterocycles. The second kappa shape index (κ2) is 7.29. The standard InChI is InChI=1S/C17H17N3O3S/c18-16-14-11(9-23-12-4-2-1-3-5-12)10-24-15(14)13(8-20-16)17(22)19-6-7-21/h1-5,8,10,21H,6-7,9H2,(H2,18,20)(H,19,22). The van der Waals surface area contributed by atoms with Crippen LogP contribution in [0.2, 0.25) is 0 Å². The van der Waals surface area contributed by atoms with Gasteiger partial charge in [-0.2, -0.15) is 0 Å². The molecule has 0 bridgehead atoms. The molecule has 1 amide bonds. The van der Waals surface area contributed by atoms with E-state index >= 15 is 0 Å². The Labute approximate surface area is 142 Å². The second-order valence-corrected chi connectivity index (χ2v) is 5.98. The lowest BCUT2D eigenvalue weighted by Crippen LogP contribution is -2.26. The Kier molecular flexibility index (Phi) is 4.93. The first-order valence-electron chi connectivity index (χ1n) is 7.42. The van der Waals surface area contributed by atoms with Crippen LogP contribution in [0, 0.1) is 0 Å². The third kappa shape index (κ3) is 3.32. The van der Waals surface area contributed by atoms with Crippen LogP contribution in [-0.4, -0.2) is 29.1 Å². The van der Waals surface area contributed by atoms with Crippen molar-refractivity contribution in [3.8, 4) is 5.75 Å². The lowest BCUT2D eigenvalue weighted by molar-refractivity contribution is 0.0946. The first kappa shape index (κ1) is 16.2. The van der Waals surface area contributed by atoms with Crippen LogP contribution in [0.25, 0.3) is 10.1 Å². The second-order valence-electron chi connectivity index (χ2n) is 5.10. The van der Waals surface area contributed by atoms with Crippen molar-refractivity contribution in [1.29, 1.82) is 0 Å². The number of aromatic nitrogens is 1. The Morgan fingerprint density at radius 3 is 2.88 bits per heavy atom. The average Bonchev–Trinajstić information content (AvgIpc) is 3.04. The van der Waals surface area contributed by atoms with Gasteiger partial charge in [0, 0.05) is 23.7 Å². The molecule has 0 aliphatic rings. The maximum atomic E-state index is 12.2. The van der Waals surface area contributed by atoms with E-state index in [9.17, 15) is 4.79 Å². The van der Waals surface area contributed by atoms with Gasteiger partial charge in [-0.3, -0.25) is 4.79 Å². The summed E-state index contributed by atoms with van der Waals surface area (Å²) in [4.78, 5) is 16.3. The Morgan fingerprint density at radius 2 is 2.12 bits per heavy atom. The molecule has 6 nitrogen and oxygen atoms in total. The monoisotopic (exact) mass is 343 g/mol. The highest BCUT2D eigenvalue weighted by molar-refractivity contribution is 7.17. The summed E-state index contributed by atoms with van der Waals surface area (Å²) >= 11 is 1.43. The molecule has 0 radical (unpaired) electrons. The predicted octanol–water partition coefficient (Wildman–Crippen LogP) is 2.18. The maximum absolute atomic E-state index is 12.2. The van der Waals surface area contributed by atoms with Crippen molar-refractivity contribution in [2.24, 2.45) is 0 Å². The number of nitrogens with zero attached hydrogens (tertiary/aromatic N) is 1. The zero-order valence-electron chi connectivity index (χ0n) is 12.9. The van der Waals surface area contributed by atoms with E-state index in [2.05, 4.69) is 10.3 Å². The number of carbonyl (C=O) groups excluding carboxylic acids is 1. The molecule has 0 fully saturated rings. The number of nitrogen functional groups attached to an aromatic ring is 1. The maximum Gasteiger partial charge on any atom is 0.254 e. The summed E-state index contributed by atoms with van der Waals surface area (Å²) in [6, 6.07) is 9.49. The van der Waals surface area contributed by atoms with Gasteiger partial charge in [0.15, 0.2) is 0 Å². The van der Waals surface area contributed by atoms with Crippen molar-refractivity contribution in [1.82, 2.24) is 10.3 Å². The number of ether oxygens (including phenoxy) is 1. The quantitative estimate of drug-likeness (QED) is 0.637. The van der Waals surface area contributed by atoms with E-state index in [1.54, 1.807) is 0 Å². The summed E-state index contributed by atoms with van der Waals surface area (Å²) in [6.07, 6.45) is 1.46. The number of para-hydroxylation sites is 1. The molecule has 3 aromatic rings. The highest BCUT2D eigenvalue weighted by atomic mass is 32.1. The van der Waals surface area contributed by atoms with Gasteiger partial charge in [-0.25, -0.2) is 4.98 Å². The van der Waals surface area contributed by atoms with Crippen molar-refractivity contribution < 1.29 is 14.6 Å². The molecule has 1 aromatic carbocycles. The van der Waals surface area contributed by atoms with Crippen LogP contribution in [-0.2, 0) is 6.61 Å². The first-order valence-corrected chi connectivity index (χ1v) is 8.30. The summed E-state index contributed by atoms with van der Waals surface area (Å²) in [5.41, 5.74) is 7.35. The molecule has 4 N–H and O–H groups in total. The van der Waals surface area contributed by atoms with Crippen LogP contribution in [0.1, 0.15) is 15.9 Å². The molecule has 0 unspecified atom stereocenters. The molecular formula is C17H17N3O3S. The third-order valence-electron chi connectivity index (χ3n) is 3.48. The fraction of sp³-hybridized carbons (Fsp3) is 0.176. The Hall–Kier alpha value is -2.64. The van der Waals surface area contributed by atoms with Gasteiger partial charge >= 0.3 is 0 Å². The van der Waals surface area contributed by atoms with Crippen LogP contribution in [0.5, 0.6) is 5.75 Å². The van der Waals surface area contributed by atoms with Crippen molar-refractivity contribution in [3.05, 3.63) is 53.0 Å². The highest BCUT2D eigenvalue weighted by Gasteiger charge is 2.17. The van der Waals surface area contributed by atoms with E-state index in [1.165, 1.54) is 17.5 Å². The topological polar surface area (TPSA) is 97.5 Å². The number of hydrogen-bond donors (Lipinski definition) is 3. The summed E-state index contributed by atoms with van der Waals surface area (Å²) in [7, 11) is 0. The zero-order chi connectivity index (χ0) is 16.9. The average molecular weight is 343 g/mol. The number of anilines is 1. The number of rotatable bonds is 6. The minimum atomic E-state index is -0.279. The number of benzene rings is 1. The summed E-state index contributed by atoms with van der Waals surface area (Å²) in [5, 5.41) is 14.1. The molecule has 0 saturated heterocycles. The third-order valence-corrected chi connectivity index (χ3v) is 4.54. The number of nitrogens with one attached hydrogen (secondary N) is 1.